The van der Waals surface area contributed by atoms with Crippen LogP contribution in [0.15, 0.2) is 24.4 Å². The normalized spacial score (nSPS) is 10.5. The average Bonchev–Trinajstić information content (AvgIpc) is 2.68. The van der Waals surface area contributed by atoms with Crippen LogP contribution in [0.3, 0.4) is 0 Å². The minimum Gasteiger partial charge on any atom is -0.348 e. The van der Waals surface area contributed by atoms with Crippen LogP contribution >= 0.6 is 22.6 Å². The number of amides is 1. The molecule has 100 valence electrons. The Morgan fingerprint density at radius 2 is 2.16 bits per heavy atom. The van der Waals surface area contributed by atoms with Gasteiger partial charge in [-0.2, -0.15) is 5.10 Å². The van der Waals surface area contributed by atoms with E-state index in [1.807, 2.05) is 45.3 Å². The van der Waals surface area contributed by atoms with Crippen molar-refractivity contribution in [3.8, 4) is 0 Å². The number of rotatable bonds is 3. The molecule has 0 saturated heterocycles. The zero-order valence-corrected chi connectivity index (χ0v) is 13.4. The first kappa shape index (κ1) is 14.0. The number of hydrogen-bond acceptors (Lipinski definition) is 2. The quantitative estimate of drug-likeness (QED) is 0.846. The monoisotopic (exact) mass is 369 g/mol. The standard InChI is InChI=1S/C14H16IN3O/c1-9-5-4-6-12(13(9)15)14(19)16-7-11-8-18(3)17-10(11)2/h4-6,8H,7H2,1-3H3,(H,16,19). The molecule has 0 saturated carbocycles. The maximum absolute atomic E-state index is 12.2. The molecule has 0 bridgehead atoms. The summed E-state index contributed by atoms with van der Waals surface area (Å²) < 4.78 is 2.76. The molecule has 0 aliphatic rings. The number of nitrogens with zero attached hydrogens (tertiary/aromatic N) is 2. The Kier molecular flexibility index (Phi) is 4.24. The average molecular weight is 369 g/mol. The second kappa shape index (κ2) is 5.73. The molecule has 1 aromatic carbocycles. The second-order valence-corrected chi connectivity index (χ2v) is 5.61. The Hall–Kier alpha value is -1.37. The van der Waals surface area contributed by atoms with Crippen molar-refractivity contribution in [2.75, 3.05) is 0 Å². The molecule has 2 aromatic rings. The van der Waals surface area contributed by atoms with E-state index in [1.165, 1.54) is 0 Å². The van der Waals surface area contributed by atoms with Crippen molar-refractivity contribution in [2.24, 2.45) is 7.05 Å². The topological polar surface area (TPSA) is 46.9 Å². The molecule has 0 aliphatic carbocycles. The molecule has 1 N–H and O–H groups in total. The minimum atomic E-state index is -0.0450. The van der Waals surface area contributed by atoms with Crippen molar-refractivity contribution in [3.05, 3.63) is 50.4 Å². The number of carbonyl (C=O) groups is 1. The fourth-order valence-electron chi connectivity index (χ4n) is 1.92. The molecular weight excluding hydrogens is 353 g/mol. The van der Waals surface area contributed by atoms with Gasteiger partial charge in [0.25, 0.3) is 5.91 Å². The minimum absolute atomic E-state index is 0.0450. The van der Waals surface area contributed by atoms with Crippen LogP contribution in [-0.2, 0) is 13.6 Å². The van der Waals surface area contributed by atoms with Crippen molar-refractivity contribution in [1.82, 2.24) is 15.1 Å². The Labute approximate surface area is 126 Å². The lowest BCUT2D eigenvalue weighted by atomic mass is 10.1. The van der Waals surface area contributed by atoms with Crippen LogP contribution < -0.4 is 5.32 Å². The van der Waals surface area contributed by atoms with Crippen LogP contribution in [0.1, 0.15) is 27.2 Å². The van der Waals surface area contributed by atoms with Gasteiger partial charge in [-0.05, 0) is 48.1 Å². The first-order valence-electron chi connectivity index (χ1n) is 6.01. The van der Waals surface area contributed by atoms with Gasteiger partial charge in [-0.25, -0.2) is 0 Å². The van der Waals surface area contributed by atoms with Crippen molar-refractivity contribution < 1.29 is 4.79 Å². The third-order valence-electron chi connectivity index (χ3n) is 2.99. The molecular formula is C14H16IN3O. The smallest absolute Gasteiger partial charge is 0.252 e. The summed E-state index contributed by atoms with van der Waals surface area (Å²) in [7, 11) is 1.88. The molecule has 1 amide bonds. The summed E-state index contributed by atoms with van der Waals surface area (Å²) in [5.74, 6) is -0.0450. The lowest BCUT2D eigenvalue weighted by Crippen LogP contribution is -2.24. The predicted molar refractivity (Wildman–Crippen MR) is 83.0 cm³/mol. The third kappa shape index (κ3) is 3.15. The van der Waals surface area contributed by atoms with Crippen molar-refractivity contribution >= 4 is 28.5 Å². The van der Waals surface area contributed by atoms with E-state index in [-0.39, 0.29) is 5.91 Å². The van der Waals surface area contributed by atoms with Crippen LogP contribution in [-0.4, -0.2) is 15.7 Å². The van der Waals surface area contributed by atoms with Gasteiger partial charge in [-0.15, -0.1) is 0 Å². The van der Waals surface area contributed by atoms with E-state index in [4.69, 9.17) is 0 Å². The molecule has 1 aromatic heterocycles. The van der Waals surface area contributed by atoms with E-state index < -0.39 is 0 Å². The van der Waals surface area contributed by atoms with Crippen molar-refractivity contribution in [2.45, 2.75) is 20.4 Å². The number of aryl methyl sites for hydroxylation is 3. The van der Waals surface area contributed by atoms with Gasteiger partial charge in [0, 0.05) is 28.9 Å². The highest BCUT2D eigenvalue weighted by Crippen LogP contribution is 2.16. The summed E-state index contributed by atoms with van der Waals surface area (Å²) in [6.45, 7) is 4.45. The summed E-state index contributed by atoms with van der Waals surface area (Å²) in [5, 5.41) is 7.20. The SMILES string of the molecule is Cc1cccc(C(=O)NCc2cn(C)nc2C)c1I. The number of carbonyl (C=O) groups excluding carboxylic acids is 1. The van der Waals surface area contributed by atoms with Gasteiger partial charge in [-0.3, -0.25) is 9.48 Å². The van der Waals surface area contributed by atoms with Crippen LogP contribution in [0.4, 0.5) is 0 Å². The predicted octanol–water partition coefficient (Wildman–Crippen LogP) is 2.57. The summed E-state index contributed by atoms with van der Waals surface area (Å²) in [6, 6.07) is 5.76. The maximum atomic E-state index is 12.2. The van der Waals surface area contributed by atoms with Gasteiger partial charge >= 0.3 is 0 Å². The highest BCUT2D eigenvalue weighted by Gasteiger charge is 2.12. The van der Waals surface area contributed by atoms with E-state index in [0.717, 1.165) is 26.0 Å². The molecule has 4 nitrogen and oxygen atoms in total. The molecule has 0 unspecified atom stereocenters. The molecule has 19 heavy (non-hydrogen) atoms. The van der Waals surface area contributed by atoms with E-state index >= 15 is 0 Å². The Morgan fingerprint density at radius 3 is 2.79 bits per heavy atom. The molecule has 0 radical (unpaired) electrons. The highest BCUT2D eigenvalue weighted by molar-refractivity contribution is 14.1. The van der Waals surface area contributed by atoms with Crippen LogP contribution in [0, 0.1) is 17.4 Å². The largest absolute Gasteiger partial charge is 0.348 e. The summed E-state index contributed by atoms with van der Waals surface area (Å²) in [4.78, 5) is 12.2. The lowest BCUT2D eigenvalue weighted by molar-refractivity contribution is 0.0950. The van der Waals surface area contributed by atoms with E-state index in [1.54, 1.807) is 4.68 Å². The van der Waals surface area contributed by atoms with Gasteiger partial charge in [0.15, 0.2) is 0 Å². The van der Waals surface area contributed by atoms with Crippen molar-refractivity contribution in [1.29, 1.82) is 0 Å². The first-order chi connectivity index (χ1) is 8.99. The van der Waals surface area contributed by atoms with Gasteiger partial charge in [0.05, 0.1) is 11.3 Å². The number of benzene rings is 1. The number of nitrogens with one attached hydrogen (secondary N) is 1. The number of aromatic nitrogens is 2. The zero-order chi connectivity index (χ0) is 14.0. The van der Waals surface area contributed by atoms with Gasteiger partial charge in [0.2, 0.25) is 0 Å². The van der Waals surface area contributed by atoms with Crippen LogP contribution in [0.2, 0.25) is 0 Å². The molecule has 0 aliphatic heterocycles. The Morgan fingerprint density at radius 1 is 1.42 bits per heavy atom. The second-order valence-electron chi connectivity index (χ2n) is 4.53. The molecule has 1 heterocycles. The fourth-order valence-corrected chi connectivity index (χ4v) is 2.52. The third-order valence-corrected chi connectivity index (χ3v) is 4.42. The van der Waals surface area contributed by atoms with Gasteiger partial charge < -0.3 is 5.32 Å². The van der Waals surface area contributed by atoms with E-state index in [9.17, 15) is 4.79 Å². The van der Waals surface area contributed by atoms with Gasteiger partial charge in [0.1, 0.15) is 0 Å². The Balaban J connectivity index is 2.10. The lowest BCUT2D eigenvalue weighted by Gasteiger charge is -2.08. The zero-order valence-electron chi connectivity index (χ0n) is 11.2. The highest BCUT2D eigenvalue weighted by atomic mass is 127. The fraction of sp³-hybridized carbons (Fsp3) is 0.286. The molecule has 0 spiro atoms. The van der Waals surface area contributed by atoms with Crippen molar-refractivity contribution in [3.63, 3.8) is 0 Å². The van der Waals surface area contributed by atoms with Gasteiger partial charge in [-0.1, -0.05) is 12.1 Å². The Bertz CT molecular complexity index is 619. The summed E-state index contributed by atoms with van der Waals surface area (Å²) in [5.41, 5.74) is 3.83. The van der Waals surface area contributed by atoms with E-state index in [0.29, 0.717) is 6.54 Å². The number of hydrogen-bond donors (Lipinski definition) is 1. The first-order valence-corrected chi connectivity index (χ1v) is 7.09. The molecule has 0 fully saturated rings. The maximum Gasteiger partial charge on any atom is 0.252 e. The number of halogens is 1. The van der Waals surface area contributed by atoms with E-state index in [2.05, 4.69) is 33.0 Å². The molecule has 5 heteroatoms. The summed E-state index contributed by atoms with van der Waals surface area (Å²) in [6.07, 6.45) is 1.93. The van der Waals surface area contributed by atoms with Crippen LogP contribution in [0.25, 0.3) is 0 Å². The summed E-state index contributed by atoms with van der Waals surface area (Å²) >= 11 is 2.21. The van der Waals surface area contributed by atoms with Crippen LogP contribution in [0.5, 0.6) is 0 Å². The molecule has 2 rings (SSSR count). The molecule has 0 atom stereocenters.